The first-order valence-corrected chi connectivity index (χ1v) is 10.0. The highest BCUT2D eigenvalue weighted by atomic mass is 19.4. The molecule has 2 fully saturated rings. The van der Waals surface area contributed by atoms with Crippen molar-refractivity contribution >= 4 is 17.8 Å². The molecule has 0 aromatic heterocycles. The Morgan fingerprint density at radius 3 is 2.47 bits per heavy atom. The molecule has 1 saturated carbocycles. The normalized spacial score (nSPS) is 26.0. The molecular formula is C21H25F3N2O4. The molecule has 0 bridgehead atoms. The molecule has 0 unspecified atom stereocenters. The van der Waals surface area contributed by atoms with Crippen molar-refractivity contribution in [3.63, 3.8) is 0 Å². The lowest BCUT2D eigenvalue weighted by molar-refractivity contribution is -0.139. The maximum atomic E-state index is 12.7. The van der Waals surface area contributed by atoms with Crippen molar-refractivity contribution in [1.82, 2.24) is 10.2 Å². The number of carboxylic acids is 1. The summed E-state index contributed by atoms with van der Waals surface area (Å²) >= 11 is 0. The molecule has 1 saturated heterocycles. The van der Waals surface area contributed by atoms with E-state index < -0.39 is 17.7 Å². The van der Waals surface area contributed by atoms with Gasteiger partial charge in [-0.2, -0.15) is 13.2 Å². The molecule has 2 amide bonds. The van der Waals surface area contributed by atoms with Gasteiger partial charge in [0.25, 0.3) is 0 Å². The molecule has 1 heterocycles. The Hall–Kier alpha value is -2.58. The first kappa shape index (κ1) is 22.1. The molecule has 0 radical (unpaired) electrons. The highest BCUT2D eigenvalue weighted by Gasteiger charge is 2.50. The molecule has 2 N–H and O–H groups in total. The van der Waals surface area contributed by atoms with Crippen LogP contribution >= 0.6 is 0 Å². The van der Waals surface area contributed by atoms with E-state index in [1.807, 2.05) is 0 Å². The molecule has 4 atom stereocenters. The van der Waals surface area contributed by atoms with Gasteiger partial charge in [0.1, 0.15) is 0 Å². The zero-order chi connectivity index (χ0) is 22.1. The SMILES string of the molecule is C[C@H]1C[C@@H]2[C@@H](CC(=O)N2Cc2ccc(C(F)(F)F)cc2)[C@@H]1CNC(=O)CCC(=O)O. The van der Waals surface area contributed by atoms with Crippen molar-refractivity contribution in [3.8, 4) is 0 Å². The number of aliphatic carboxylic acids is 1. The molecule has 1 aliphatic carbocycles. The lowest BCUT2D eigenvalue weighted by Crippen LogP contribution is -2.34. The van der Waals surface area contributed by atoms with Gasteiger partial charge < -0.3 is 15.3 Å². The van der Waals surface area contributed by atoms with E-state index in [0.717, 1.165) is 18.6 Å². The third-order valence-electron chi connectivity index (χ3n) is 6.25. The van der Waals surface area contributed by atoms with Crippen LogP contribution in [-0.4, -0.2) is 40.4 Å². The Kier molecular flexibility index (Phi) is 6.38. The van der Waals surface area contributed by atoms with Gasteiger partial charge in [-0.15, -0.1) is 0 Å². The summed E-state index contributed by atoms with van der Waals surface area (Å²) in [6.45, 7) is 2.72. The highest BCUT2D eigenvalue weighted by molar-refractivity contribution is 5.81. The smallest absolute Gasteiger partial charge is 0.416 e. The van der Waals surface area contributed by atoms with Crippen molar-refractivity contribution in [3.05, 3.63) is 35.4 Å². The number of carbonyl (C=O) groups excluding carboxylic acids is 2. The number of carboxylic acid groups (broad SMARTS) is 1. The number of carbonyl (C=O) groups is 3. The summed E-state index contributed by atoms with van der Waals surface area (Å²) < 4.78 is 38.2. The van der Waals surface area contributed by atoms with Gasteiger partial charge in [-0.05, 0) is 41.9 Å². The van der Waals surface area contributed by atoms with Crippen LogP contribution in [0.3, 0.4) is 0 Å². The van der Waals surface area contributed by atoms with Crippen LogP contribution in [-0.2, 0) is 27.1 Å². The summed E-state index contributed by atoms with van der Waals surface area (Å²) in [6.07, 6.45) is -3.57. The fourth-order valence-electron chi connectivity index (χ4n) is 4.68. The second kappa shape index (κ2) is 8.65. The minimum absolute atomic E-state index is 0.00397. The fraction of sp³-hybridized carbons (Fsp3) is 0.571. The molecule has 2 aliphatic rings. The molecule has 1 aromatic rings. The van der Waals surface area contributed by atoms with Crippen LogP contribution < -0.4 is 5.32 Å². The number of hydrogen-bond donors (Lipinski definition) is 2. The first-order chi connectivity index (χ1) is 14.1. The largest absolute Gasteiger partial charge is 0.481 e. The molecule has 3 rings (SSSR count). The summed E-state index contributed by atoms with van der Waals surface area (Å²) in [4.78, 5) is 36.7. The molecule has 9 heteroatoms. The van der Waals surface area contributed by atoms with Crippen molar-refractivity contribution in [2.24, 2.45) is 17.8 Å². The second-order valence-corrected chi connectivity index (χ2v) is 8.23. The van der Waals surface area contributed by atoms with Crippen LogP contribution in [0.15, 0.2) is 24.3 Å². The van der Waals surface area contributed by atoms with Gasteiger partial charge in [0.15, 0.2) is 0 Å². The monoisotopic (exact) mass is 426 g/mol. The number of benzene rings is 1. The second-order valence-electron chi connectivity index (χ2n) is 8.23. The van der Waals surface area contributed by atoms with E-state index in [1.165, 1.54) is 12.1 Å². The number of amides is 2. The molecule has 1 aliphatic heterocycles. The number of alkyl halides is 3. The van der Waals surface area contributed by atoms with E-state index in [-0.39, 0.29) is 55.0 Å². The van der Waals surface area contributed by atoms with Gasteiger partial charge in [-0.3, -0.25) is 14.4 Å². The third-order valence-corrected chi connectivity index (χ3v) is 6.25. The molecule has 0 spiro atoms. The summed E-state index contributed by atoms with van der Waals surface area (Å²) in [5.41, 5.74) is -0.0693. The Balaban J connectivity index is 1.61. The van der Waals surface area contributed by atoms with Crippen molar-refractivity contribution in [2.45, 2.75) is 51.4 Å². The summed E-state index contributed by atoms with van der Waals surface area (Å²) in [5, 5.41) is 11.4. The minimum Gasteiger partial charge on any atom is -0.481 e. The van der Waals surface area contributed by atoms with Crippen molar-refractivity contribution in [1.29, 1.82) is 0 Å². The quantitative estimate of drug-likeness (QED) is 0.702. The number of nitrogens with one attached hydrogen (secondary N) is 1. The Bertz CT molecular complexity index is 809. The van der Waals surface area contributed by atoms with Crippen molar-refractivity contribution in [2.75, 3.05) is 6.54 Å². The van der Waals surface area contributed by atoms with Crippen LogP contribution in [0.2, 0.25) is 0 Å². The number of hydrogen-bond acceptors (Lipinski definition) is 3. The average molecular weight is 426 g/mol. The van der Waals surface area contributed by atoms with Gasteiger partial charge in [-0.25, -0.2) is 0 Å². The van der Waals surface area contributed by atoms with Crippen LogP contribution in [0.5, 0.6) is 0 Å². The van der Waals surface area contributed by atoms with E-state index >= 15 is 0 Å². The zero-order valence-corrected chi connectivity index (χ0v) is 16.6. The fourth-order valence-corrected chi connectivity index (χ4v) is 4.68. The minimum atomic E-state index is -4.39. The number of rotatable bonds is 7. The lowest BCUT2D eigenvalue weighted by Gasteiger charge is -2.25. The average Bonchev–Trinajstić information content (AvgIpc) is 3.12. The van der Waals surface area contributed by atoms with Gasteiger partial charge in [-0.1, -0.05) is 19.1 Å². The Morgan fingerprint density at radius 1 is 1.20 bits per heavy atom. The number of nitrogens with zero attached hydrogens (tertiary/aromatic N) is 1. The molecule has 164 valence electrons. The first-order valence-electron chi connectivity index (χ1n) is 10.0. The number of likely N-dealkylation sites (tertiary alicyclic amines) is 1. The van der Waals surface area contributed by atoms with Crippen LogP contribution in [0.1, 0.15) is 43.7 Å². The van der Waals surface area contributed by atoms with Gasteiger partial charge in [0.05, 0.1) is 12.0 Å². The van der Waals surface area contributed by atoms with E-state index in [0.29, 0.717) is 18.5 Å². The van der Waals surface area contributed by atoms with Gasteiger partial charge >= 0.3 is 12.1 Å². The predicted molar refractivity (Wildman–Crippen MR) is 101 cm³/mol. The molecular weight excluding hydrogens is 401 g/mol. The summed E-state index contributed by atoms with van der Waals surface area (Å²) in [5.74, 6) is -0.937. The van der Waals surface area contributed by atoms with E-state index in [1.54, 1.807) is 4.90 Å². The highest BCUT2D eigenvalue weighted by Crippen LogP contribution is 2.46. The van der Waals surface area contributed by atoms with Crippen LogP contribution in [0.4, 0.5) is 13.2 Å². The molecule has 1 aromatic carbocycles. The lowest BCUT2D eigenvalue weighted by atomic mass is 9.88. The Labute approximate surface area is 172 Å². The molecule has 6 nitrogen and oxygen atoms in total. The van der Waals surface area contributed by atoms with E-state index in [2.05, 4.69) is 12.2 Å². The van der Waals surface area contributed by atoms with Gasteiger partial charge in [0.2, 0.25) is 11.8 Å². The maximum Gasteiger partial charge on any atom is 0.416 e. The van der Waals surface area contributed by atoms with E-state index in [4.69, 9.17) is 5.11 Å². The standard InChI is InChI=1S/C21H25F3N2O4/c1-12-8-17-15(16(12)10-25-18(27)6-7-20(29)30)9-19(28)26(17)11-13-2-4-14(5-3-13)21(22,23)24/h2-5,12,15-17H,6-11H2,1H3,(H,25,27)(H,29,30)/t12-,15-,16+,17+/m0/s1. The zero-order valence-electron chi connectivity index (χ0n) is 16.6. The van der Waals surface area contributed by atoms with Gasteiger partial charge in [0, 0.05) is 32.0 Å². The van der Waals surface area contributed by atoms with Crippen LogP contribution in [0.25, 0.3) is 0 Å². The van der Waals surface area contributed by atoms with Crippen molar-refractivity contribution < 1.29 is 32.7 Å². The topological polar surface area (TPSA) is 86.7 Å². The predicted octanol–water partition coefficient (Wildman–Crippen LogP) is 3.06. The number of fused-ring (bicyclic) bond motifs is 1. The van der Waals surface area contributed by atoms with E-state index in [9.17, 15) is 27.6 Å². The molecule has 30 heavy (non-hydrogen) atoms. The third kappa shape index (κ3) is 4.94. The summed E-state index contributed by atoms with van der Waals surface area (Å²) in [6, 6.07) is 4.86. The number of halogens is 3. The Morgan fingerprint density at radius 2 is 1.87 bits per heavy atom. The summed E-state index contributed by atoms with van der Waals surface area (Å²) in [7, 11) is 0. The van der Waals surface area contributed by atoms with Crippen LogP contribution in [0, 0.1) is 17.8 Å². The maximum absolute atomic E-state index is 12.7.